The first-order valence-electron chi connectivity index (χ1n) is 4.61. The predicted octanol–water partition coefficient (Wildman–Crippen LogP) is 1.81. The molecule has 0 bridgehead atoms. The zero-order valence-electron chi connectivity index (χ0n) is 8.29. The van der Waals surface area contributed by atoms with Crippen molar-refractivity contribution in [2.45, 2.75) is 0 Å². The molecule has 0 fully saturated rings. The van der Waals surface area contributed by atoms with Crippen LogP contribution in [0.2, 0.25) is 0 Å². The van der Waals surface area contributed by atoms with Crippen molar-refractivity contribution in [3.63, 3.8) is 0 Å². The third kappa shape index (κ3) is 1.70. The van der Waals surface area contributed by atoms with E-state index in [0.717, 1.165) is 21.9 Å². The number of para-hydroxylation sites is 1. The van der Waals surface area contributed by atoms with Gasteiger partial charge in [-0.2, -0.15) is 0 Å². The minimum absolute atomic E-state index is 0.250. The number of hydrogen-bond acceptors (Lipinski definition) is 3. The molecular weight excluding hydrogens is 206 g/mol. The molecule has 3 aromatic rings. The molecule has 2 aromatic heterocycles. The van der Waals surface area contributed by atoms with Crippen molar-refractivity contribution in [1.29, 1.82) is 0 Å². The van der Waals surface area contributed by atoms with E-state index in [1.165, 1.54) is 0 Å². The molecule has 0 saturated heterocycles. The number of aromatic nitrogens is 3. The van der Waals surface area contributed by atoms with Gasteiger partial charge in [-0.25, -0.2) is 4.98 Å². The molecule has 0 amide bonds. The summed E-state index contributed by atoms with van der Waals surface area (Å²) in [6.07, 6.45) is 3.48. The van der Waals surface area contributed by atoms with Crippen molar-refractivity contribution in [3.8, 4) is 0 Å². The first-order chi connectivity index (χ1) is 7.86. The fourth-order valence-corrected chi connectivity index (χ4v) is 1.55. The van der Waals surface area contributed by atoms with Crippen LogP contribution in [0.5, 0.6) is 0 Å². The van der Waals surface area contributed by atoms with Gasteiger partial charge in [-0.05, 0) is 6.07 Å². The number of benzene rings is 1. The lowest BCUT2D eigenvalue weighted by molar-refractivity contribution is -0.122. The molecular formula is C11H9N3O2. The van der Waals surface area contributed by atoms with Gasteiger partial charge in [0.1, 0.15) is 5.52 Å². The Labute approximate surface area is 90.8 Å². The highest BCUT2D eigenvalue weighted by Gasteiger charge is 2.01. The van der Waals surface area contributed by atoms with E-state index in [2.05, 4.69) is 15.0 Å². The Morgan fingerprint density at radius 1 is 1.19 bits per heavy atom. The van der Waals surface area contributed by atoms with Crippen LogP contribution in [0.3, 0.4) is 0 Å². The number of carbonyl (C=O) groups is 1. The average molecular weight is 215 g/mol. The van der Waals surface area contributed by atoms with Crippen LogP contribution < -0.4 is 0 Å². The number of aromatic amines is 1. The summed E-state index contributed by atoms with van der Waals surface area (Å²) in [5, 5.41) is 8.01. The SMILES string of the molecule is O=CO.c1ccc2c(c1)ncc1nc[nH]c12. The summed E-state index contributed by atoms with van der Waals surface area (Å²) in [7, 11) is 0. The molecule has 0 atom stereocenters. The second-order valence-corrected chi connectivity index (χ2v) is 3.04. The molecule has 2 N–H and O–H groups in total. The van der Waals surface area contributed by atoms with Gasteiger partial charge in [-0.3, -0.25) is 9.78 Å². The molecule has 0 aliphatic rings. The number of nitrogens with zero attached hydrogens (tertiary/aromatic N) is 2. The monoisotopic (exact) mass is 215 g/mol. The summed E-state index contributed by atoms with van der Waals surface area (Å²) in [5.74, 6) is 0. The van der Waals surface area contributed by atoms with E-state index >= 15 is 0 Å². The van der Waals surface area contributed by atoms with E-state index in [4.69, 9.17) is 9.90 Å². The number of H-pyrrole nitrogens is 1. The maximum atomic E-state index is 8.36. The fourth-order valence-electron chi connectivity index (χ4n) is 1.55. The highest BCUT2D eigenvalue weighted by atomic mass is 16.3. The van der Waals surface area contributed by atoms with Crippen LogP contribution in [0.1, 0.15) is 0 Å². The van der Waals surface area contributed by atoms with Crippen LogP contribution >= 0.6 is 0 Å². The number of carboxylic acid groups (broad SMARTS) is 1. The highest BCUT2D eigenvalue weighted by Crippen LogP contribution is 2.19. The van der Waals surface area contributed by atoms with Crippen molar-refractivity contribution in [2.24, 2.45) is 0 Å². The average Bonchev–Trinajstić information content (AvgIpc) is 2.78. The Hall–Kier alpha value is -2.43. The maximum Gasteiger partial charge on any atom is 0.290 e. The quantitative estimate of drug-likeness (QED) is 0.560. The molecule has 0 radical (unpaired) electrons. The predicted molar refractivity (Wildman–Crippen MR) is 60.1 cm³/mol. The van der Waals surface area contributed by atoms with Gasteiger partial charge in [-0.1, -0.05) is 18.2 Å². The Morgan fingerprint density at radius 2 is 1.94 bits per heavy atom. The van der Waals surface area contributed by atoms with E-state index < -0.39 is 0 Å². The topological polar surface area (TPSA) is 78.9 Å². The summed E-state index contributed by atoms with van der Waals surface area (Å²) in [4.78, 5) is 19.9. The second kappa shape index (κ2) is 4.39. The molecule has 5 nitrogen and oxygen atoms in total. The van der Waals surface area contributed by atoms with Crippen LogP contribution in [-0.4, -0.2) is 26.5 Å². The van der Waals surface area contributed by atoms with Gasteiger partial charge in [0, 0.05) is 5.39 Å². The molecule has 5 heteroatoms. The van der Waals surface area contributed by atoms with Crippen LogP contribution in [0.25, 0.3) is 21.9 Å². The van der Waals surface area contributed by atoms with Gasteiger partial charge in [0.2, 0.25) is 0 Å². The van der Waals surface area contributed by atoms with E-state index in [1.54, 1.807) is 12.5 Å². The summed E-state index contributed by atoms with van der Waals surface area (Å²) >= 11 is 0. The highest BCUT2D eigenvalue weighted by molar-refractivity contribution is 6.01. The summed E-state index contributed by atoms with van der Waals surface area (Å²) in [5.41, 5.74) is 2.98. The molecule has 0 aliphatic heterocycles. The summed E-state index contributed by atoms with van der Waals surface area (Å²) < 4.78 is 0. The van der Waals surface area contributed by atoms with Crippen LogP contribution in [0.15, 0.2) is 36.8 Å². The van der Waals surface area contributed by atoms with E-state index in [9.17, 15) is 0 Å². The molecule has 0 unspecified atom stereocenters. The third-order valence-corrected chi connectivity index (χ3v) is 2.17. The van der Waals surface area contributed by atoms with Gasteiger partial charge in [-0.15, -0.1) is 0 Å². The smallest absolute Gasteiger partial charge is 0.290 e. The van der Waals surface area contributed by atoms with E-state index in [1.807, 2.05) is 24.3 Å². The van der Waals surface area contributed by atoms with Gasteiger partial charge in [0.05, 0.1) is 23.6 Å². The largest absolute Gasteiger partial charge is 0.483 e. The van der Waals surface area contributed by atoms with E-state index in [-0.39, 0.29) is 6.47 Å². The number of fused-ring (bicyclic) bond motifs is 3. The fraction of sp³-hybridized carbons (Fsp3) is 0. The zero-order chi connectivity index (χ0) is 11.4. The Morgan fingerprint density at radius 3 is 2.75 bits per heavy atom. The Kier molecular flexibility index (Phi) is 2.77. The first-order valence-corrected chi connectivity index (χ1v) is 4.61. The Balaban J connectivity index is 0.000000292. The first kappa shape index (κ1) is 10.1. The molecule has 0 aliphatic carbocycles. The Bertz CT molecular complexity index is 618. The lowest BCUT2D eigenvalue weighted by Crippen LogP contribution is -1.79. The zero-order valence-corrected chi connectivity index (χ0v) is 8.29. The summed E-state index contributed by atoms with van der Waals surface area (Å²) in [6, 6.07) is 8.03. The lowest BCUT2D eigenvalue weighted by Gasteiger charge is -1.95. The molecule has 3 rings (SSSR count). The van der Waals surface area contributed by atoms with Crippen LogP contribution in [-0.2, 0) is 4.79 Å². The molecule has 80 valence electrons. The van der Waals surface area contributed by atoms with Crippen LogP contribution in [0.4, 0.5) is 0 Å². The number of nitrogens with one attached hydrogen (secondary N) is 1. The van der Waals surface area contributed by atoms with Crippen molar-refractivity contribution < 1.29 is 9.90 Å². The van der Waals surface area contributed by atoms with Crippen molar-refractivity contribution >= 4 is 28.4 Å². The van der Waals surface area contributed by atoms with E-state index in [0.29, 0.717) is 0 Å². The lowest BCUT2D eigenvalue weighted by atomic mass is 10.2. The molecule has 1 aromatic carbocycles. The number of imidazole rings is 1. The van der Waals surface area contributed by atoms with Crippen LogP contribution in [0, 0.1) is 0 Å². The van der Waals surface area contributed by atoms with Gasteiger partial charge < -0.3 is 10.1 Å². The molecule has 0 spiro atoms. The molecule has 16 heavy (non-hydrogen) atoms. The number of hydrogen-bond donors (Lipinski definition) is 2. The maximum absolute atomic E-state index is 8.36. The second-order valence-electron chi connectivity index (χ2n) is 3.04. The minimum Gasteiger partial charge on any atom is -0.483 e. The van der Waals surface area contributed by atoms with Gasteiger partial charge >= 0.3 is 0 Å². The summed E-state index contributed by atoms with van der Waals surface area (Å²) in [6.45, 7) is -0.250. The third-order valence-electron chi connectivity index (χ3n) is 2.17. The van der Waals surface area contributed by atoms with Crippen molar-refractivity contribution in [2.75, 3.05) is 0 Å². The normalized spacial score (nSPS) is 9.75. The standard InChI is InChI=1S/C10H7N3.CH2O2/c1-2-4-8-7(3-1)10-9(5-11-8)12-6-13-10;2-1-3/h1-6H,(H,12,13);1H,(H,2,3). The van der Waals surface area contributed by atoms with Crippen molar-refractivity contribution in [3.05, 3.63) is 36.8 Å². The minimum atomic E-state index is -0.250. The van der Waals surface area contributed by atoms with Gasteiger partial charge in [0.15, 0.2) is 0 Å². The van der Waals surface area contributed by atoms with Gasteiger partial charge in [0.25, 0.3) is 6.47 Å². The molecule has 2 heterocycles. The van der Waals surface area contributed by atoms with Crippen molar-refractivity contribution in [1.82, 2.24) is 15.0 Å². The molecule has 0 saturated carbocycles. The number of pyridine rings is 1. The number of rotatable bonds is 0.